The third-order valence-corrected chi connectivity index (χ3v) is 1.91. The predicted octanol–water partition coefficient (Wildman–Crippen LogP) is -0.243. The van der Waals surface area contributed by atoms with E-state index in [0.29, 0.717) is 0 Å². The summed E-state index contributed by atoms with van der Waals surface area (Å²) in [5.74, 6) is -1.60. The van der Waals surface area contributed by atoms with Crippen LogP contribution in [0.15, 0.2) is 24.3 Å². The second kappa shape index (κ2) is 6.84. The maximum Gasteiger partial charge on any atom is 0.341 e. The van der Waals surface area contributed by atoms with Gasteiger partial charge < -0.3 is 26.2 Å². The highest BCUT2D eigenvalue weighted by atomic mass is 16.5. The van der Waals surface area contributed by atoms with Gasteiger partial charge in [0.25, 0.3) is 0 Å². The molecular formula is C11H13N3O5. The van der Waals surface area contributed by atoms with E-state index in [1.807, 2.05) is 0 Å². The Morgan fingerprint density at radius 3 is 2.58 bits per heavy atom. The van der Waals surface area contributed by atoms with Crippen molar-refractivity contribution < 1.29 is 24.2 Å². The van der Waals surface area contributed by atoms with Crippen LogP contribution in [0.1, 0.15) is 0 Å². The van der Waals surface area contributed by atoms with Crippen molar-refractivity contribution in [1.82, 2.24) is 5.32 Å². The van der Waals surface area contributed by atoms with Crippen molar-refractivity contribution in [2.24, 2.45) is 5.73 Å². The Hall–Kier alpha value is -2.77. The fourth-order valence-corrected chi connectivity index (χ4v) is 1.17. The van der Waals surface area contributed by atoms with Gasteiger partial charge in [-0.2, -0.15) is 0 Å². The molecule has 0 aliphatic rings. The van der Waals surface area contributed by atoms with E-state index in [-0.39, 0.29) is 18.0 Å². The van der Waals surface area contributed by atoms with Crippen LogP contribution >= 0.6 is 0 Å². The lowest BCUT2D eigenvalue weighted by Crippen LogP contribution is -2.36. The Labute approximate surface area is 108 Å². The maximum absolute atomic E-state index is 11.4. The van der Waals surface area contributed by atoms with Crippen molar-refractivity contribution in [3.8, 4) is 5.75 Å². The van der Waals surface area contributed by atoms with Gasteiger partial charge in [0.15, 0.2) is 6.61 Å². The molecule has 0 atom stereocenters. The van der Waals surface area contributed by atoms with E-state index in [0.717, 1.165) is 0 Å². The van der Waals surface area contributed by atoms with Gasteiger partial charge in [-0.3, -0.25) is 4.79 Å². The number of carboxylic acid groups (broad SMARTS) is 1. The van der Waals surface area contributed by atoms with E-state index in [1.54, 1.807) is 12.1 Å². The van der Waals surface area contributed by atoms with Crippen molar-refractivity contribution in [3.05, 3.63) is 24.3 Å². The third-order valence-electron chi connectivity index (χ3n) is 1.91. The number of carbonyl (C=O) groups is 3. The number of para-hydroxylation sites is 2. The summed E-state index contributed by atoms with van der Waals surface area (Å²) in [5, 5.41) is 13.2. The Kier molecular flexibility index (Phi) is 5.15. The largest absolute Gasteiger partial charge is 0.480 e. The summed E-state index contributed by atoms with van der Waals surface area (Å²) in [4.78, 5) is 32.3. The fraction of sp³-hybridized carbons (Fsp3) is 0.182. The molecule has 5 N–H and O–H groups in total. The van der Waals surface area contributed by atoms with Gasteiger partial charge in [-0.25, -0.2) is 9.59 Å². The molecule has 1 rings (SSSR count). The molecule has 19 heavy (non-hydrogen) atoms. The van der Waals surface area contributed by atoms with Gasteiger partial charge >= 0.3 is 12.0 Å². The van der Waals surface area contributed by atoms with Gasteiger partial charge in [-0.1, -0.05) is 12.1 Å². The van der Waals surface area contributed by atoms with Gasteiger partial charge in [0.2, 0.25) is 5.91 Å². The highest BCUT2D eigenvalue weighted by Gasteiger charge is 2.08. The molecule has 102 valence electrons. The monoisotopic (exact) mass is 267 g/mol. The molecular weight excluding hydrogens is 254 g/mol. The maximum atomic E-state index is 11.4. The first-order valence-corrected chi connectivity index (χ1v) is 5.26. The van der Waals surface area contributed by atoms with Crippen LogP contribution < -0.4 is 21.1 Å². The van der Waals surface area contributed by atoms with Crippen LogP contribution in [0, 0.1) is 0 Å². The van der Waals surface area contributed by atoms with Crippen LogP contribution in [-0.2, 0) is 9.59 Å². The molecule has 3 amide bonds. The topological polar surface area (TPSA) is 131 Å². The van der Waals surface area contributed by atoms with E-state index < -0.39 is 24.5 Å². The zero-order valence-corrected chi connectivity index (χ0v) is 9.88. The van der Waals surface area contributed by atoms with E-state index in [2.05, 4.69) is 10.6 Å². The minimum absolute atomic E-state index is 0.208. The summed E-state index contributed by atoms with van der Waals surface area (Å²) in [7, 11) is 0. The Balaban J connectivity index is 2.64. The third kappa shape index (κ3) is 5.39. The summed E-state index contributed by atoms with van der Waals surface area (Å²) >= 11 is 0. The summed E-state index contributed by atoms with van der Waals surface area (Å²) in [5.41, 5.74) is 5.16. The summed E-state index contributed by atoms with van der Waals surface area (Å²) < 4.78 is 4.99. The van der Waals surface area contributed by atoms with Crippen LogP contribution in [-0.4, -0.2) is 36.2 Å². The molecule has 0 saturated carbocycles. The molecule has 0 bridgehead atoms. The normalized spacial score (nSPS) is 9.47. The van der Waals surface area contributed by atoms with Crippen LogP contribution in [0.2, 0.25) is 0 Å². The predicted molar refractivity (Wildman–Crippen MR) is 65.8 cm³/mol. The standard InChI is InChI=1S/C11H13N3O5/c12-9(15)5-13-11(18)14-7-3-1-2-4-8(7)19-6-10(16)17/h1-4H,5-6H2,(H2,12,15)(H,16,17)(H2,13,14,18). The first-order chi connectivity index (χ1) is 8.99. The van der Waals surface area contributed by atoms with Gasteiger partial charge in [0, 0.05) is 0 Å². The van der Waals surface area contributed by atoms with Crippen molar-refractivity contribution in [1.29, 1.82) is 0 Å². The minimum atomic E-state index is -1.13. The molecule has 8 heteroatoms. The van der Waals surface area contributed by atoms with Crippen LogP contribution in [0.5, 0.6) is 5.75 Å². The van der Waals surface area contributed by atoms with Crippen molar-refractivity contribution in [2.45, 2.75) is 0 Å². The van der Waals surface area contributed by atoms with E-state index in [1.165, 1.54) is 12.1 Å². The first-order valence-electron chi connectivity index (χ1n) is 5.26. The fourth-order valence-electron chi connectivity index (χ4n) is 1.17. The summed E-state index contributed by atoms with van der Waals surface area (Å²) in [6.45, 7) is -0.828. The number of nitrogens with two attached hydrogens (primary N) is 1. The number of benzene rings is 1. The minimum Gasteiger partial charge on any atom is -0.480 e. The molecule has 0 radical (unpaired) electrons. The Bertz CT molecular complexity index is 489. The summed E-state index contributed by atoms with van der Waals surface area (Å²) in [6.07, 6.45) is 0. The average Bonchev–Trinajstić information content (AvgIpc) is 2.35. The average molecular weight is 267 g/mol. The SMILES string of the molecule is NC(=O)CNC(=O)Nc1ccccc1OCC(=O)O. The van der Waals surface area contributed by atoms with E-state index in [9.17, 15) is 14.4 Å². The van der Waals surface area contributed by atoms with Crippen molar-refractivity contribution >= 4 is 23.6 Å². The lowest BCUT2D eigenvalue weighted by atomic mass is 10.3. The molecule has 0 aliphatic carbocycles. The van der Waals surface area contributed by atoms with Crippen LogP contribution in [0.4, 0.5) is 10.5 Å². The molecule has 0 fully saturated rings. The number of primary amides is 1. The van der Waals surface area contributed by atoms with Gasteiger partial charge in [0.1, 0.15) is 5.75 Å². The second-order valence-corrected chi connectivity index (χ2v) is 3.45. The quantitative estimate of drug-likeness (QED) is 0.564. The molecule has 0 saturated heterocycles. The number of anilines is 1. The number of carboxylic acids is 1. The zero-order chi connectivity index (χ0) is 14.3. The Morgan fingerprint density at radius 1 is 1.26 bits per heavy atom. The van der Waals surface area contributed by atoms with Crippen LogP contribution in [0.3, 0.4) is 0 Å². The molecule has 0 spiro atoms. The number of hydrogen-bond acceptors (Lipinski definition) is 4. The molecule has 0 aromatic heterocycles. The number of hydrogen-bond donors (Lipinski definition) is 4. The van der Waals surface area contributed by atoms with E-state index in [4.69, 9.17) is 15.6 Å². The zero-order valence-electron chi connectivity index (χ0n) is 9.88. The van der Waals surface area contributed by atoms with Gasteiger partial charge in [-0.15, -0.1) is 0 Å². The number of aliphatic carboxylic acids is 1. The molecule has 1 aromatic carbocycles. The number of nitrogens with one attached hydrogen (secondary N) is 2. The highest BCUT2D eigenvalue weighted by Crippen LogP contribution is 2.23. The highest BCUT2D eigenvalue weighted by molar-refractivity contribution is 5.93. The number of urea groups is 1. The number of carbonyl (C=O) groups excluding carboxylic acids is 2. The lowest BCUT2D eigenvalue weighted by Gasteiger charge is -2.11. The molecule has 0 heterocycles. The van der Waals surface area contributed by atoms with Crippen LogP contribution in [0.25, 0.3) is 0 Å². The smallest absolute Gasteiger partial charge is 0.341 e. The molecule has 0 aliphatic heterocycles. The van der Waals surface area contributed by atoms with Gasteiger partial charge in [-0.05, 0) is 12.1 Å². The molecule has 0 unspecified atom stereocenters. The summed E-state index contributed by atoms with van der Waals surface area (Å²) in [6, 6.07) is 5.65. The molecule has 1 aromatic rings. The molecule has 8 nitrogen and oxygen atoms in total. The number of ether oxygens (including phenoxy) is 1. The van der Waals surface area contributed by atoms with Crippen molar-refractivity contribution in [3.63, 3.8) is 0 Å². The van der Waals surface area contributed by atoms with E-state index >= 15 is 0 Å². The van der Waals surface area contributed by atoms with Crippen molar-refractivity contribution in [2.75, 3.05) is 18.5 Å². The number of rotatable bonds is 6. The lowest BCUT2D eigenvalue weighted by molar-refractivity contribution is -0.139. The Morgan fingerprint density at radius 2 is 1.95 bits per heavy atom. The first kappa shape index (κ1) is 14.3. The number of amides is 3. The second-order valence-electron chi connectivity index (χ2n) is 3.45. The van der Waals surface area contributed by atoms with Gasteiger partial charge in [0.05, 0.1) is 12.2 Å².